The molecule has 0 aromatic carbocycles. The van der Waals surface area contributed by atoms with Crippen molar-refractivity contribution < 1.29 is 11.0 Å². The summed E-state index contributed by atoms with van der Waals surface area (Å²) >= 11 is 0. The van der Waals surface area contributed by atoms with Crippen LogP contribution in [-0.2, 0) is 9.59 Å². The predicted octanol–water partition coefficient (Wildman–Crippen LogP) is 0.953. The van der Waals surface area contributed by atoms with Gasteiger partial charge in [-0.1, -0.05) is 0 Å². The Morgan fingerprint density at radius 3 is 2.75 bits per heavy atom. The topological polar surface area (TPSA) is 49.4 Å². The van der Waals surface area contributed by atoms with Gasteiger partial charge in [-0.15, -0.1) is 0 Å². The maximum atomic E-state index is 12.3. The van der Waals surface area contributed by atoms with E-state index in [2.05, 4.69) is 5.32 Å². The molecule has 3 unspecified atom stereocenters. The Kier molecular flexibility index (Phi) is 3.28. The van der Waals surface area contributed by atoms with Gasteiger partial charge in [0.1, 0.15) is 0 Å². The zero-order valence-electron chi connectivity index (χ0n) is 10.0. The Balaban J connectivity index is 0.00000144. The van der Waals surface area contributed by atoms with Crippen LogP contribution in [0.1, 0.15) is 40.5 Å². The summed E-state index contributed by atoms with van der Waals surface area (Å²) in [6.07, 6.45) is 4.86. The highest BCUT2D eigenvalue weighted by Gasteiger charge is 2.42. The third kappa shape index (κ3) is 1.86. The maximum absolute atomic E-state index is 12.3. The lowest BCUT2D eigenvalue weighted by Gasteiger charge is -2.29. The molecule has 0 aliphatic carbocycles. The van der Waals surface area contributed by atoms with Crippen LogP contribution in [0.5, 0.6) is 0 Å². The molecule has 2 saturated heterocycles. The minimum Gasteiger partial charge on any atom is -0.328 e. The summed E-state index contributed by atoms with van der Waals surface area (Å²) in [5.74, 6) is 0.260. The Hall–Kier alpha value is -0.900. The van der Waals surface area contributed by atoms with E-state index >= 15 is 0 Å². The van der Waals surface area contributed by atoms with Crippen molar-refractivity contribution in [3.05, 3.63) is 0 Å². The van der Waals surface area contributed by atoms with E-state index in [0.717, 1.165) is 32.1 Å². The van der Waals surface area contributed by atoms with E-state index in [-0.39, 0.29) is 25.2 Å². The second-order valence-corrected chi connectivity index (χ2v) is 4.88. The molecule has 2 aliphatic heterocycles. The van der Waals surface area contributed by atoms with Crippen molar-refractivity contribution in [1.29, 1.82) is 0 Å². The number of carbonyl (C=O) groups is 2. The quantitative estimate of drug-likeness (QED) is 0.762. The van der Waals surface area contributed by atoms with Gasteiger partial charge in [0.05, 0.1) is 12.1 Å². The molecule has 16 heavy (non-hydrogen) atoms. The van der Waals surface area contributed by atoms with Gasteiger partial charge in [0.15, 0.2) is 5.78 Å². The van der Waals surface area contributed by atoms with Gasteiger partial charge in [0, 0.05) is 7.47 Å². The molecule has 4 nitrogen and oxygen atoms in total. The zero-order valence-corrected chi connectivity index (χ0v) is 10.0. The molecule has 2 fully saturated rings. The highest BCUT2D eigenvalue weighted by Crippen LogP contribution is 2.31. The average Bonchev–Trinajstić information content (AvgIpc) is 2.61. The molecule has 92 valence electrons. The second-order valence-electron chi connectivity index (χ2n) is 4.88. The Morgan fingerprint density at radius 1 is 1.38 bits per heavy atom. The van der Waals surface area contributed by atoms with Gasteiger partial charge in [0.25, 0.3) is 0 Å². The predicted molar refractivity (Wildman–Crippen MR) is 63.1 cm³/mol. The van der Waals surface area contributed by atoms with Crippen molar-refractivity contribution in [1.82, 2.24) is 10.2 Å². The van der Waals surface area contributed by atoms with E-state index in [1.807, 2.05) is 11.9 Å². The summed E-state index contributed by atoms with van der Waals surface area (Å²) in [6, 6.07) is 0.0520. The van der Waals surface area contributed by atoms with Crippen LogP contribution in [0.2, 0.25) is 0 Å². The Morgan fingerprint density at radius 2 is 2.12 bits per heavy atom. The molecule has 2 aliphatic rings. The Bertz CT molecular complexity index is 309. The van der Waals surface area contributed by atoms with Gasteiger partial charge in [-0.2, -0.15) is 0 Å². The first kappa shape index (κ1) is 11.6. The van der Waals surface area contributed by atoms with Gasteiger partial charge in [-0.25, -0.2) is 0 Å². The second kappa shape index (κ2) is 4.53. The molecule has 0 radical (unpaired) electrons. The lowest BCUT2D eigenvalue weighted by molar-refractivity contribution is -0.140. The lowest BCUT2D eigenvalue weighted by Crippen LogP contribution is -2.50. The monoisotopic (exact) mass is 226 g/mol. The van der Waals surface area contributed by atoms with E-state index in [9.17, 15) is 9.59 Å². The molecule has 1 amide bonds. The number of amides is 1. The van der Waals surface area contributed by atoms with Gasteiger partial charge < -0.3 is 10.2 Å². The number of ketones is 1. The molecule has 1 N–H and O–H groups in total. The average molecular weight is 226 g/mol. The zero-order chi connectivity index (χ0) is 11.7. The summed E-state index contributed by atoms with van der Waals surface area (Å²) in [6.45, 7) is 1.60. The first-order valence-corrected chi connectivity index (χ1v) is 6.15. The molecule has 2 rings (SSSR count). The van der Waals surface area contributed by atoms with Crippen molar-refractivity contribution in [2.24, 2.45) is 0 Å². The number of Topliss-reactive ketones (excluding diaryl/α,β-unsaturated/α-hetero) is 1. The molecule has 0 spiro atoms. The van der Waals surface area contributed by atoms with Crippen LogP contribution in [0.4, 0.5) is 0 Å². The molecule has 3 atom stereocenters. The summed E-state index contributed by atoms with van der Waals surface area (Å²) in [4.78, 5) is 25.7. The lowest BCUT2D eigenvalue weighted by atomic mass is 10.1. The summed E-state index contributed by atoms with van der Waals surface area (Å²) in [5.41, 5.74) is 0. The van der Waals surface area contributed by atoms with E-state index in [1.165, 1.54) is 0 Å². The number of likely N-dealkylation sites (N-methyl/N-ethyl adjacent to an activating group) is 1. The number of fused-ring (bicyclic) bond motifs is 1. The minimum absolute atomic E-state index is 0. The molecule has 0 aromatic heterocycles. The normalized spacial score (nSPS) is 34.8. The molecule has 2 heterocycles. The molecular weight excluding hydrogens is 204 g/mol. The number of carbonyl (C=O) groups excluding carboxylic acids is 2. The van der Waals surface area contributed by atoms with E-state index in [4.69, 9.17) is 0 Å². The summed E-state index contributed by atoms with van der Waals surface area (Å²) < 4.78 is 0. The molecule has 0 aromatic rings. The molecular formula is C12H22N2O2. The van der Waals surface area contributed by atoms with Crippen molar-refractivity contribution in [2.45, 2.75) is 57.2 Å². The van der Waals surface area contributed by atoms with Crippen LogP contribution >= 0.6 is 0 Å². The third-order valence-corrected chi connectivity index (χ3v) is 3.90. The van der Waals surface area contributed by atoms with Gasteiger partial charge in [-0.3, -0.25) is 9.59 Å². The van der Waals surface area contributed by atoms with Crippen LogP contribution in [0, 0.1) is 0 Å². The maximum Gasteiger partial charge on any atom is 0.240 e. The number of rotatable bonds is 2. The Labute approximate surface area is 97.9 Å². The highest BCUT2D eigenvalue weighted by atomic mass is 16.2. The van der Waals surface area contributed by atoms with E-state index in [1.54, 1.807) is 6.92 Å². The number of hydrogen-bond donors (Lipinski definition) is 1. The SMILES string of the molecule is CNC1CCCC2CCC(C(C)=O)N2C1=O.[HH]. The summed E-state index contributed by atoms with van der Waals surface area (Å²) in [7, 11) is 1.82. The van der Waals surface area contributed by atoms with E-state index in [0.29, 0.717) is 6.04 Å². The van der Waals surface area contributed by atoms with Crippen LogP contribution in [0.15, 0.2) is 0 Å². The van der Waals surface area contributed by atoms with Crippen molar-refractivity contribution in [3.8, 4) is 0 Å². The van der Waals surface area contributed by atoms with Crippen LogP contribution in [-0.4, -0.2) is 41.8 Å². The van der Waals surface area contributed by atoms with Crippen LogP contribution in [0.3, 0.4) is 0 Å². The number of hydrogen-bond acceptors (Lipinski definition) is 3. The first-order valence-electron chi connectivity index (χ1n) is 6.15. The fourth-order valence-electron chi connectivity index (χ4n) is 3.03. The van der Waals surface area contributed by atoms with Crippen LogP contribution < -0.4 is 5.32 Å². The van der Waals surface area contributed by atoms with Gasteiger partial charge >= 0.3 is 0 Å². The van der Waals surface area contributed by atoms with Crippen molar-refractivity contribution in [2.75, 3.05) is 7.05 Å². The largest absolute Gasteiger partial charge is 0.328 e. The van der Waals surface area contributed by atoms with Crippen LogP contribution in [0.25, 0.3) is 0 Å². The molecule has 4 heteroatoms. The third-order valence-electron chi connectivity index (χ3n) is 3.90. The van der Waals surface area contributed by atoms with Gasteiger partial charge in [0.2, 0.25) is 5.91 Å². The van der Waals surface area contributed by atoms with E-state index < -0.39 is 0 Å². The summed E-state index contributed by atoms with van der Waals surface area (Å²) in [5, 5.41) is 3.06. The van der Waals surface area contributed by atoms with Gasteiger partial charge in [-0.05, 0) is 46.1 Å². The van der Waals surface area contributed by atoms with Crippen molar-refractivity contribution >= 4 is 11.7 Å². The molecule has 0 bridgehead atoms. The number of nitrogens with one attached hydrogen (secondary N) is 1. The highest BCUT2D eigenvalue weighted by molar-refractivity contribution is 5.90. The molecule has 0 saturated carbocycles. The smallest absolute Gasteiger partial charge is 0.240 e. The number of nitrogens with zero attached hydrogens (tertiary/aromatic N) is 1. The first-order chi connectivity index (χ1) is 7.65. The fourth-order valence-corrected chi connectivity index (χ4v) is 3.03. The minimum atomic E-state index is -0.161. The standard InChI is InChI=1S/C12H20N2O2.H2/c1-8(15)11-7-6-9-4-3-5-10(13-2)12(16)14(9)11;/h9-11,13H,3-7H2,1-2H3;1H. The van der Waals surface area contributed by atoms with Crippen molar-refractivity contribution in [3.63, 3.8) is 0 Å². The fraction of sp³-hybridized carbons (Fsp3) is 0.833.